The Hall–Kier alpha value is -0.640. The molecule has 1 atom stereocenters. The Morgan fingerprint density at radius 1 is 1.21 bits per heavy atom. The van der Waals surface area contributed by atoms with Crippen molar-refractivity contribution in [2.24, 2.45) is 0 Å². The van der Waals surface area contributed by atoms with Crippen LogP contribution in [0, 0.1) is 0 Å². The highest BCUT2D eigenvalue weighted by Crippen LogP contribution is 2.41. The number of benzene rings is 1. The molecule has 0 bridgehead atoms. The second-order valence-corrected chi connectivity index (χ2v) is 8.35. The number of hydrogen-bond acceptors (Lipinski definition) is 3. The number of halogens is 4. The molecule has 0 aromatic heterocycles. The van der Waals surface area contributed by atoms with Crippen LogP contribution in [0.5, 0.6) is 0 Å². The van der Waals surface area contributed by atoms with Gasteiger partial charge in [0.25, 0.3) is 0 Å². The van der Waals surface area contributed by atoms with Crippen LogP contribution in [0.2, 0.25) is 0 Å². The van der Waals surface area contributed by atoms with Crippen molar-refractivity contribution in [1.29, 1.82) is 0 Å². The van der Waals surface area contributed by atoms with E-state index in [0.29, 0.717) is 16.3 Å². The van der Waals surface area contributed by atoms with Crippen molar-refractivity contribution in [2.75, 3.05) is 28.4 Å². The van der Waals surface area contributed by atoms with Crippen LogP contribution < -0.4 is 8.01 Å². The zero-order valence-electron chi connectivity index (χ0n) is 10.5. The van der Waals surface area contributed by atoms with Gasteiger partial charge in [-0.1, -0.05) is 0 Å². The van der Waals surface area contributed by atoms with Crippen LogP contribution in [0.1, 0.15) is 0 Å². The van der Waals surface area contributed by atoms with Gasteiger partial charge >= 0.3 is 6.18 Å². The van der Waals surface area contributed by atoms with Crippen LogP contribution in [-0.2, 0) is 10.8 Å². The third-order valence-corrected chi connectivity index (χ3v) is 6.66. The summed E-state index contributed by atoms with van der Waals surface area (Å²) in [5, 5.41) is 0. The average molecular weight is 404 g/mol. The molecule has 0 saturated carbocycles. The summed E-state index contributed by atoms with van der Waals surface area (Å²) in [7, 11) is 1.93. The van der Waals surface area contributed by atoms with E-state index in [2.05, 4.69) is 0 Å². The average Bonchev–Trinajstić information content (AvgIpc) is 2.31. The van der Waals surface area contributed by atoms with E-state index in [0.717, 1.165) is 0 Å². The summed E-state index contributed by atoms with van der Waals surface area (Å²) in [6, 6.07) is 4.91. The summed E-state index contributed by atoms with van der Waals surface area (Å²) < 4.78 is 51.4. The molecule has 0 radical (unpaired) electrons. The number of fused-ring (bicyclic) bond motifs is 1. The number of nitrogens with zero attached hydrogens (tertiary/aromatic N) is 2. The first-order valence-corrected chi connectivity index (χ1v) is 8.86. The fourth-order valence-corrected chi connectivity index (χ4v) is 4.50. The maximum absolute atomic E-state index is 12.9. The molecule has 2 rings (SSSR count). The molecule has 1 aliphatic rings. The van der Waals surface area contributed by atoms with E-state index in [1.807, 2.05) is 0 Å². The fraction of sp³-hybridized carbons (Fsp3) is 0.364. The van der Waals surface area contributed by atoms with E-state index in [1.165, 1.54) is 11.9 Å². The maximum atomic E-state index is 12.9. The quantitative estimate of drug-likeness (QED) is 0.532. The molecule has 0 saturated heterocycles. The van der Waals surface area contributed by atoms with Crippen molar-refractivity contribution in [3.8, 4) is 0 Å². The van der Waals surface area contributed by atoms with Crippen molar-refractivity contribution in [3.05, 3.63) is 18.2 Å². The van der Waals surface area contributed by atoms with Gasteiger partial charge in [-0.3, -0.25) is 4.21 Å². The SMILES string of the molecule is CN1I=C(C(F)(F)F)N(C)c2ccc(S(C)=O)cc21. The molecule has 0 fully saturated rings. The lowest BCUT2D eigenvalue weighted by Gasteiger charge is -2.33. The predicted octanol–water partition coefficient (Wildman–Crippen LogP) is 2.89. The largest absolute Gasteiger partial charge is 0.438 e. The van der Waals surface area contributed by atoms with E-state index >= 15 is 0 Å². The Morgan fingerprint density at radius 3 is 2.37 bits per heavy atom. The van der Waals surface area contributed by atoms with Crippen molar-refractivity contribution in [1.82, 2.24) is 0 Å². The lowest BCUT2D eigenvalue weighted by molar-refractivity contribution is -0.0570. The first-order valence-electron chi connectivity index (χ1n) is 5.26. The Morgan fingerprint density at radius 2 is 1.84 bits per heavy atom. The zero-order chi connectivity index (χ0) is 14.4. The summed E-state index contributed by atoms with van der Waals surface area (Å²) in [6.45, 7) is 0. The highest BCUT2D eigenvalue weighted by Gasteiger charge is 2.41. The standard InChI is InChI=1S/C11H12F3IN2OS/c1-16-8-5-4-7(19(3)18)6-9(8)17(2)15-10(16)11(12,13)14/h4-6H,1-3H3. The Bertz CT molecular complexity index is 574. The second kappa shape index (κ2) is 5.04. The molecule has 0 amide bonds. The van der Waals surface area contributed by atoms with E-state index in [4.69, 9.17) is 0 Å². The normalized spacial score (nSPS) is 17.5. The first-order chi connectivity index (χ1) is 8.71. The molecule has 1 aromatic carbocycles. The molecule has 3 nitrogen and oxygen atoms in total. The molecule has 0 spiro atoms. The van der Waals surface area contributed by atoms with E-state index in [1.54, 1.807) is 34.6 Å². The van der Waals surface area contributed by atoms with Gasteiger partial charge in [-0.15, -0.1) is 0 Å². The summed E-state index contributed by atoms with van der Waals surface area (Å²) in [4.78, 5) is 1.82. The fourth-order valence-electron chi connectivity index (χ4n) is 1.78. The number of hydrogen-bond donors (Lipinski definition) is 0. The third kappa shape index (κ3) is 2.78. The summed E-state index contributed by atoms with van der Waals surface area (Å²) >= 11 is -1.31. The summed E-state index contributed by atoms with van der Waals surface area (Å²) in [6.07, 6.45) is -2.75. The van der Waals surface area contributed by atoms with Gasteiger partial charge in [-0.05, 0) is 18.2 Å². The first kappa shape index (κ1) is 14.8. The third-order valence-electron chi connectivity index (χ3n) is 2.71. The lowest BCUT2D eigenvalue weighted by Crippen LogP contribution is -2.40. The van der Waals surface area contributed by atoms with Gasteiger partial charge in [-0.2, -0.15) is 13.2 Å². The smallest absolute Gasteiger partial charge is 0.333 e. The molecule has 106 valence electrons. The van der Waals surface area contributed by atoms with Crippen LogP contribution in [0.3, 0.4) is 0 Å². The summed E-state index contributed by atoms with van der Waals surface area (Å²) in [5.41, 5.74) is 1.20. The molecule has 8 heteroatoms. The Balaban J connectivity index is 2.53. The molecule has 1 heterocycles. The minimum Gasteiger partial charge on any atom is -0.333 e. The Labute approximate surface area is 121 Å². The lowest BCUT2D eigenvalue weighted by atomic mass is 10.2. The molecule has 19 heavy (non-hydrogen) atoms. The molecule has 1 unspecified atom stereocenters. The number of anilines is 2. The van der Waals surface area contributed by atoms with Crippen LogP contribution in [-0.4, -0.2) is 34.4 Å². The van der Waals surface area contributed by atoms with Crippen molar-refractivity contribution >= 4 is 46.8 Å². The highest BCUT2D eigenvalue weighted by molar-refractivity contribution is 14.2. The van der Waals surface area contributed by atoms with Crippen LogP contribution >= 0.6 is 21.0 Å². The van der Waals surface area contributed by atoms with Crippen molar-refractivity contribution in [2.45, 2.75) is 11.1 Å². The van der Waals surface area contributed by atoms with Gasteiger partial charge in [0.1, 0.15) is 0 Å². The molecule has 0 aliphatic carbocycles. The van der Waals surface area contributed by atoms with Crippen molar-refractivity contribution in [3.63, 3.8) is 0 Å². The molecule has 1 aliphatic heterocycles. The van der Waals surface area contributed by atoms with Crippen LogP contribution in [0.4, 0.5) is 24.5 Å². The minimum absolute atomic E-state index is 0.494. The van der Waals surface area contributed by atoms with Gasteiger partial charge in [-0.25, -0.2) is 0 Å². The second-order valence-electron chi connectivity index (χ2n) is 4.01. The van der Waals surface area contributed by atoms with Gasteiger partial charge in [0.15, 0.2) is 3.63 Å². The van der Waals surface area contributed by atoms with Crippen LogP contribution in [0.15, 0.2) is 23.1 Å². The van der Waals surface area contributed by atoms with Crippen molar-refractivity contribution < 1.29 is 17.4 Å². The molecule has 1 aromatic rings. The van der Waals surface area contributed by atoms with E-state index < -0.39 is 41.6 Å². The van der Waals surface area contributed by atoms with E-state index in [-0.39, 0.29) is 0 Å². The number of rotatable bonds is 1. The van der Waals surface area contributed by atoms with Gasteiger partial charge in [0.2, 0.25) is 0 Å². The van der Waals surface area contributed by atoms with Gasteiger partial charge < -0.3 is 8.01 Å². The van der Waals surface area contributed by atoms with E-state index in [9.17, 15) is 17.4 Å². The molecule has 0 N–H and O–H groups in total. The minimum atomic E-state index is -4.31. The topological polar surface area (TPSA) is 23.6 Å². The van der Waals surface area contributed by atoms with Gasteiger partial charge in [0.05, 0.1) is 11.4 Å². The Kier molecular flexibility index (Phi) is 3.92. The highest BCUT2D eigenvalue weighted by atomic mass is 127. The molecular weight excluding hydrogens is 392 g/mol. The summed E-state index contributed by atoms with van der Waals surface area (Å²) in [5.74, 6) is 0. The van der Waals surface area contributed by atoms with Crippen LogP contribution in [0.25, 0.3) is 0 Å². The molecular formula is C11H12F3IN2OS. The predicted molar refractivity (Wildman–Crippen MR) is 80.7 cm³/mol. The zero-order valence-corrected chi connectivity index (χ0v) is 13.4. The number of alkyl halides is 3. The van der Waals surface area contributed by atoms with Gasteiger partial charge in [0, 0.05) is 57.1 Å². The maximum Gasteiger partial charge on any atom is 0.438 e. The monoisotopic (exact) mass is 404 g/mol.